The van der Waals surface area contributed by atoms with E-state index in [1.165, 1.54) is 20.3 Å². The second kappa shape index (κ2) is 8.46. The number of benzene rings is 1. The summed E-state index contributed by atoms with van der Waals surface area (Å²) in [4.78, 5) is 35.9. The average molecular weight is 453 g/mol. The lowest BCUT2D eigenvalue weighted by molar-refractivity contribution is 0.0361. The third kappa shape index (κ3) is 3.79. The quantitative estimate of drug-likeness (QED) is 0.599. The summed E-state index contributed by atoms with van der Waals surface area (Å²) in [6.07, 6.45) is 0. The summed E-state index contributed by atoms with van der Waals surface area (Å²) in [6, 6.07) is 6.38. The Morgan fingerprint density at radius 1 is 1.06 bits per heavy atom. The molecule has 33 heavy (non-hydrogen) atoms. The second-order valence-electron chi connectivity index (χ2n) is 9.43. The van der Waals surface area contributed by atoms with Crippen molar-refractivity contribution >= 4 is 22.8 Å². The van der Waals surface area contributed by atoms with Crippen LogP contribution in [0.25, 0.3) is 11.2 Å². The average Bonchev–Trinajstić information content (AvgIpc) is 3.19. The fraction of sp³-hybridized carbons (Fsp3) is 0.542. The molecule has 1 aromatic carbocycles. The Kier molecular flexibility index (Phi) is 5.62. The van der Waals surface area contributed by atoms with Gasteiger partial charge in [-0.05, 0) is 43.0 Å². The van der Waals surface area contributed by atoms with Crippen LogP contribution in [0.4, 0.5) is 11.6 Å². The van der Waals surface area contributed by atoms with Crippen molar-refractivity contribution in [2.45, 2.75) is 33.9 Å². The van der Waals surface area contributed by atoms with E-state index in [0.29, 0.717) is 49.9 Å². The van der Waals surface area contributed by atoms with Gasteiger partial charge < -0.3 is 14.2 Å². The SMILES string of the molecule is Cc1ccc(N2CC(C)Cn3c2nc2c3c(=O)n(CCN3CCOCC3)c(=O)n2C)cc1C. The molecule has 176 valence electrons. The van der Waals surface area contributed by atoms with Gasteiger partial charge in [-0.3, -0.25) is 18.8 Å². The third-order valence-electron chi connectivity index (χ3n) is 6.99. The highest BCUT2D eigenvalue weighted by Gasteiger charge is 2.30. The normalized spacial score (nSPS) is 19.3. The van der Waals surface area contributed by atoms with Crippen LogP contribution in [0.1, 0.15) is 18.1 Å². The maximum absolute atomic E-state index is 13.6. The molecule has 0 radical (unpaired) electrons. The van der Waals surface area contributed by atoms with Gasteiger partial charge in [-0.15, -0.1) is 0 Å². The van der Waals surface area contributed by atoms with Crippen LogP contribution in [0.5, 0.6) is 0 Å². The van der Waals surface area contributed by atoms with Crippen molar-refractivity contribution in [2.75, 3.05) is 44.3 Å². The van der Waals surface area contributed by atoms with E-state index in [0.717, 1.165) is 31.3 Å². The minimum Gasteiger partial charge on any atom is -0.379 e. The Morgan fingerprint density at radius 3 is 2.55 bits per heavy atom. The van der Waals surface area contributed by atoms with Crippen molar-refractivity contribution < 1.29 is 4.74 Å². The number of imidazole rings is 1. The number of hydrogen-bond acceptors (Lipinski definition) is 6. The van der Waals surface area contributed by atoms with Crippen LogP contribution in [-0.2, 0) is 24.9 Å². The van der Waals surface area contributed by atoms with Crippen LogP contribution in [0.2, 0.25) is 0 Å². The topological polar surface area (TPSA) is 77.5 Å². The van der Waals surface area contributed by atoms with Crippen LogP contribution in [0.15, 0.2) is 27.8 Å². The fourth-order valence-electron chi connectivity index (χ4n) is 4.88. The zero-order chi connectivity index (χ0) is 23.3. The Morgan fingerprint density at radius 2 is 1.82 bits per heavy atom. The minimum atomic E-state index is -0.318. The molecule has 3 aromatic rings. The zero-order valence-corrected chi connectivity index (χ0v) is 19.9. The van der Waals surface area contributed by atoms with Crippen molar-refractivity contribution in [1.82, 2.24) is 23.6 Å². The maximum atomic E-state index is 13.6. The summed E-state index contributed by atoms with van der Waals surface area (Å²) in [5.74, 6) is 1.05. The maximum Gasteiger partial charge on any atom is 0.332 e. The lowest BCUT2D eigenvalue weighted by atomic mass is 10.1. The van der Waals surface area contributed by atoms with E-state index in [2.05, 4.69) is 48.8 Å². The molecule has 1 fully saturated rings. The Hall–Kier alpha value is -2.91. The van der Waals surface area contributed by atoms with E-state index in [-0.39, 0.29) is 11.2 Å². The molecule has 0 amide bonds. The number of aromatic nitrogens is 4. The number of anilines is 2. The molecule has 9 heteroatoms. The first-order valence-electron chi connectivity index (χ1n) is 11.7. The molecule has 0 bridgehead atoms. The van der Waals surface area contributed by atoms with E-state index in [1.807, 2.05) is 4.57 Å². The third-order valence-corrected chi connectivity index (χ3v) is 6.99. The van der Waals surface area contributed by atoms with Gasteiger partial charge in [-0.1, -0.05) is 13.0 Å². The monoisotopic (exact) mass is 452 g/mol. The van der Waals surface area contributed by atoms with Crippen LogP contribution in [-0.4, -0.2) is 63.0 Å². The van der Waals surface area contributed by atoms with Gasteiger partial charge >= 0.3 is 5.69 Å². The summed E-state index contributed by atoms with van der Waals surface area (Å²) >= 11 is 0. The fourth-order valence-corrected chi connectivity index (χ4v) is 4.88. The van der Waals surface area contributed by atoms with Gasteiger partial charge in [0.25, 0.3) is 5.56 Å². The van der Waals surface area contributed by atoms with Crippen LogP contribution in [0.3, 0.4) is 0 Å². The van der Waals surface area contributed by atoms with E-state index in [4.69, 9.17) is 9.72 Å². The number of morpholine rings is 1. The molecule has 2 aliphatic heterocycles. The molecule has 0 spiro atoms. The van der Waals surface area contributed by atoms with Gasteiger partial charge in [0.05, 0.1) is 13.2 Å². The van der Waals surface area contributed by atoms with Gasteiger partial charge in [0, 0.05) is 52.0 Å². The molecule has 4 heterocycles. The standard InChI is InChI=1S/C24H32N6O3/c1-16-14-29(19-6-5-17(2)18(3)13-19)23-25-21-20(30(23)15-16)22(31)28(24(32)26(21)4)8-7-27-9-11-33-12-10-27/h5-6,13,16H,7-12,14-15H2,1-4H3. The van der Waals surface area contributed by atoms with Crippen molar-refractivity contribution in [1.29, 1.82) is 0 Å². The van der Waals surface area contributed by atoms with E-state index < -0.39 is 0 Å². The van der Waals surface area contributed by atoms with E-state index in [1.54, 1.807) is 7.05 Å². The zero-order valence-electron chi connectivity index (χ0n) is 19.9. The Balaban J connectivity index is 1.61. The van der Waals surface area contributed by atoms with Gasteiger partial charge in [0.2, 0.25) is 5.95 Å². The number of hydrogen-bond donors (Lipinski definition) is 0. The van der Waals surface area contributed by atoms with Crippen LogP contribution >= 0.6 is 0 Å². The van der Waals surface area contributed by atoms with Gasteiger partial charge in [0.15, 0.2) is 11.2 Å². The van der Waals surface area contributed by atoms with Crippen molar-refractivity contribution in [2.24, 2.45) is 13.0 Å². The predicted molar refractivity (Wildman–Crippen MR) is 129 cm³/mol. The Labute approximate surface area is 192 Å². The highest BCUT2D eigenvalue weighted by atomic mass is 16.5. The lowest BCUT2D eigenvalue weighted by Gasteiger charge is -2.33. The second-order valence-corrected chi connectivity index (χ2v) is 9.43. The first-order valence-corrected chi connectivity index (χ1v) is 11.7. The molecule has 1 saturated heterocycles. The predicted octanol–water partition coefficient (Wildman–Crippen LogP) is 1.63. The molecule has 0 N–H and O–H groups in total. The largest absolute Gasteiger partial charge is 0.379 e. The van der Waals surface area contributed by atoms with Crippen molar-refractivity contribution in [3.8, 4) is 0 Å². The summed E-state index contributed by atoms with van der Waals surface area (Å²) < 4.78 is 10.3. The number of fused-ring (bicyclic) bond motifs is 3. The number of ether oxygens (including phenoxy) is 1. The van der Waals surface area contributed by atoms with E-state index in [9.17, 15) is 9.59 Å². The first kappa shape index (κ1) is 21.9. The molecule has 2 aromatic heterocycles. The number of rotatable bonds is 4. The first-order chi connectivity index (χ1) is 15.8. The molecule has 2 aliphatic rings. The highest BCUT2D eigenvalue weighted by Crippen LogP contribution is 2.33. The molecule has 1 unspecified atom stereocenters. The highest BCUT2D eigenvalue weighted by molar-refractivity contribution is 5.77. The van der Waals surface area contributed by atoms with Crippen molar-refractivity contribution in [3.05, 3.63) is 50.2 Å². The number of aryl methyl sites for hydroxylation is 3. The smallest absolute Gasteiger partial charge is 0.332 e. The molecule has 5 rings (SSSR count). The van der Waals surface area contributed by atoms with Gasteiger partial charge in [-0.25, -0.2) is 4.79 Å². The van der Waals surface area contributed by atoms with Crippen LogP contribution in [0, 0.1) is 19.8 Å². The van der Waals surface area contributed by atoms with Gasteiger partial charge in [-0.2, -0.15) is 4.98 Å². The Bertz CT molecular complexity index is 1310. The summed E-state index contributed by atoms with van der Waals surface area (Å²) in [5.41, 5.74) is 3.89. The van der Waals surface area contributed by atoms with Crippen LogP contribution < -0.4 is 16.1 Å². The lowest BCUT2D eigenvalue weighted by Crippen LogP contribution is -2.44. The molecular weight excluding hydrogens is 420 g/mol. The van der Waals surface area contributed by atoms with Crippen molar-refractivity contribution in [3.63, 3.8) is 0 Å². The summed E-state index contributed by atoms with van der Waals surface area (Å²) in [7, 11) is 1.71. The minimum absolute atomic E-state index is 0.255. The molecule has 1 atom stereocenters. The summed E-state index contributed by atoms with van der Waals surface area (Å²) in [5, 5.41) is 0. The molecule has 0 saturated carbocycles. The van der Waals surface area contributed by atoms with E-state index >= 15 is 0 Å². The summed E-state index contributed by atoms with van der Waals surface area (Å²) in [6.45, 7) is 11.9. The number of nitrogens with zero attached hydrogens (tertiary/aromatic N) is 6. The molecule has 9 nitrogen and oxygen atoms in total. The van der Waals surface area contributed by atoms with Gasteiger partial charge in [0.1, 0.15) is 0 Å². The molecular formula is C24H32N6O3. The molecule has 0 aliphatic carbocycles.